The van der Waals surface area contributed by atoms with E-state index in [1.807, 2.05) is 25.1 Å². The minimum Gasteiger partial charge on any atom is -0.228 e. The molecule has 0 aliphatic heterocycles. The summed E-state index contributed by atoms with van der Waals surface area (Å²) in [6.45, 7) is 1.98. The molecule has 0 saturated carbocycles. The van der Waals surface area contributed by atoms with E-state index in [0.29, 0.717) is 0 Å². The van der Waals surface area contributed by atoms with Crippen LogP contribution in [0.3, 0.4) is 0 Å². The molecular formula is C12H9FN. The average molecular weight is 186 g/mol. The Morgan fingerprint density at radius 3 is 2.79 bits per heavy atom. The van der Waals surface area contributed by atoms with E-state index in [2.05, 4.69) is 11.1 Å². The first-order valence-electron chi connectivity index (χ1n) is 4.35. The van der Waals surface area contributed by atoms with Crippen LogP contribution in [-0.4, -0.2) is 4.98 Å². The Hall–Kier alpha value is -1.70. The summed E-state index contributed by atoms with van der Waals surface area (Å²) in [6, 6.07) is 11.9. The zero-order chi connectivity index (χ0) is 9.97. The van der Waals surface area contributed by atoms with E-state index in [4.69, 9.17) is 0 Å². The Bertz CT molecular complexity index is 408. The largest absolute Gasteiger partial charge is 0.228 e. The first-order valence-corrected chi connectivity index (χ1v) is 4.35. The van der Waals surface area contributed by atoms with Crippen LogP contribution in [0.15, 0.2) is 36.5 Å². The third-order valence-electron chi connectivity index (χ3n) is 1.99. The van der Waals surface area contributed by atoms with Crippen molar-refractivity contribution in [3.63, 3.8) is 0 Å². The van der Waals surface area contributed by atoms with E-state index in [1.165, 1.54) is 12.3 Å². The summed E-state index contributed by atoms with van der Waals surface area (Å²) in [7, 11) is 0. The van der Waals surface area contributed by atoms with Gasteiger partial charge in [-0.2, -0.15) is 4.39 Å². The van der Waals surface area contributed by atoms with Gasteiger partial charge in [0, 0.05) is 12.3 Å². The summed E-state index contributed by atoms with van der Waals surface area (Å²) in [4.78, 5) is 3.51. The molecule has 1 aromatic carbocycles. The molecule has 0 amide bonds. The molecule has 2 rings (SSSR count). The van der Waals surface area contributed by atoms with Crippen LogP contribution in [-0.2, 0) is 0 Å². The molecule has 1 heterocycles. The van der Waals surface area contributed by atoms with Crippen LogP contribution >= 0.6 is 0 Å². The zero-order valence-electron chi connectivity index (χ0n) is 7.79. The molecule has 1 aromatic heterocycles. The third kappa shape index (κ3) is 1.79. The highest BCUT2D eigenvalue weighted by molar-refractivity contribution is 5.63. The molecule has 2 aromatic rings. The first kappa shape index (κ1) is 8.88. The van der Waals surface area contributed by atoms with Crippen molar-refractivity contribution in [2.45, 2.75) is 6.92 Å². The Balaban J connectivity index is 2.49. The van der Waals surface area contributed by atoms with Gasteiger partial charge >= 0.3 is 0 Å². The summed E-state index contributed by atoms with van der Waals surface area (Å²) < 4.78 is 12.8. The van der Waals surface area contributed by atoms with Gasteiger partial charge in [0.2, 0.25) is 5.95 Å². The van der Waals surface area contributed by atoms with Crippen molar-refractivity contribution < 1.29 is 4.39 Å². The standard InChI is InChI=1S/C12H9FN/c1-9-3-2-4-10(7-9)11-5-6-14-12(13)8-11/h3-8H,1H3. The second kappa shape index (κ2) is 3.58. The van der Waals surface area contributed by atoms with Crippen molar-refractivity contribution >= 4 is 0 Å². The fourth-order valence-corrected chi connectivity index (χ4v) is 1.34. The first-order chi connectivity index (χ1) is 6.75. The quantitative estimate of drug-likeness (QED) is 0.624. The lowest BCUT2D eigenvalue weighted by atomic mass is 10.1. The van der Waals surface area contributed by atoms with Crippen molar-refractivity contribution in [3.05, 3.63) is 54.1 Å². The van der Waals surface area contributed by atoms with Crippen molar-refractivity contribution in [1.82, 2.24) is 4.98 Å². The number of pyridine rings is 1. The molecule has 0 fully saturated rings. The maximum atomic E-state index is 12.8. The average Bonchev–Trinajstić information content (AvgIpc) is 2.18. The molecule has 2 heteroatoms. The van der Waals surface area contributed by atoms with Crippen LogP contribution in [0.1, 0.15) is 5.56 Å². The molecule has 1 radical (unpaired) electrons. The fraction of sp³-hybridized carbons (Fsp3) is 0.0833. The van der Waals surface area contributed by atoms with Crippen molar-refractivity contribution in [3.8, 4) is 11.1 Å². The van der Waals surface area contributed by atoms with Gasteiger partial charge in [-0.25, -0.2) is 4.98 Å². The Labute approximate surface area is 82.2 Å². The number of halogens is 1. The highest BCUT2D eigenvalue weighted by Gasteiger charge is 1.99. The van der Waals surface area contributed by atoms with Crippen LogP contribution < -0.4 is 0 Å². The van der Waals surface area contributed by atoms with E-state index < -0.39 is 5.95 Å². The topological polar surface area (TPSA) is 12.9 Å². The Morgan fingerprint density at radius 1 is 1.21 bits per heavy atom. The van der Waals surface area contributed by atoms with Crippen molar-refractivity contribution in [1.29, 1.82) is 0 Å². The number of aromatic nitrogens is 1. The van der Waals surface area contributed by atoms with Gasteiger partial charge in [0.15, 0.2) is 0 Å². The third-order valence-corrected chi connectivity index (χ3v) is 1.99. The smallest absolute Gasteiger partial charge is 0.213 e. The Kier molecular flexibility index (Phi) is 2.27. The van der Waals surface area contributed by atoms with Gasteiger partial charge in [0.25, 0.3) is 0 Å². The monoisotopic (exact) mass is 186 g/mol. The molecule has 0 N–H and O–H groups in total. The number of rotatable bonds is 1. The highest BCUT2D eigenvalue weighted by Crippen LogP contribution is 2.19. The minimum absolute atomic E-state index is 0.455. The summed E-state index contributed by atoms with van der Waals surface area (Å²) in [6.07, 6.45) is 1.47. The molecule has 14 heavy (non-hydrogen) atoms. The van der Waals surface area contributed by atoms with E-state index in [0.717, 1.165) is 16.7 Å². The number of aryl methyl sites for hydroxylation is 1. The summed E-state index contributed by atoms with van der Waals surface area (Å²) in [5.74, 6) is -0.455. The fourth-order valence-electron chi connectivity index (χ4n) is 1.34. The zero-order valence-corrected chi connectivity index (χ0v) is 7.79. The van der Waals surface area contributed by atoms with E-state index >= 15 is 0 Å². The van der Waals surface area contributed by atoms with Gasteiger partial charge in [0.05, 0.1) is 0 Å². The van der Waals surface area contributed by atoms with Crippen molar-refractivity contribution in [2.75, 3.05) is 0 Å². The van der Waals surface area contributed by atoms with E-state index in [-0.39, 0.29) is 0 Å². The number of nitrogens with zero attached hydrogens (tertiary/aromatic N) is 1. The van der Waals surface area contributed by atoms with Crippen LogP contribution in [0.2, 0.25) is 0 Å². The highest BCUT2D eigenvalue weighted by atomic mass is 19.1. The molecule has 1 nitrogen and oxygen atoms in total. The predicted molar refractivity (Wildman–Crippen MR) is 53.2 cm³/mol. The lowest BCUT2D eigenvalue weighted by Crippen LogP contribution is -1.84. The van der Waals surface area contributed by atoms with Gasteiger partial charge in [-0.05, 0) is 41.8 Å². The molecular weight excluding hydrogens is 177 g/mol. The molecule has 0 aliphatic rings. The van der Waals surface area contributed by atoms with Crippen LogP contribution in [0.4, 0.5) is 4.39 Å². The van der Waals surface area contributed by atoms with Gasteiger partial charge < -0.3 is 0 Å². The number of hydrogen-bond donors (Lipinski definition) is 0. The molecule has 0 aliphatic carbocycles. The van der Waals surface area contributed by atoms with E-state index in [9.17, 15) is 4.39 Å². The maximum Gasteiger partial charge on any atom is 0.213 e. The van der Waals surface area contributed by atoms with Crippen LogP contribution in [0.25, 0.3) is 11.1 Å². The molecule has 0 spiro atoms. The normalized spacial score (nSPS) is 10.1. The predicted octanol–water partition coefficient (Wildman–Crippen LogP) is 3.00. The second-order valence-electron chi connectivity index (χ2n) is 3.17. The van der Waals surface area contributed by atoms with Crippen molar-refractivity contribution in [2.24, 2.45) is 0 Å². The second-order valence-corrected chi connectivity index (χ2v) is 3.17. The summed E-state index contributed by atoms with van der Waals surface area (Å²) >= 11 is 0. The van der Waals surface area contributed by atoms with Gasteiger partial charge in [0.1, 0.15) is 0 Å². The molecule has 0 unspecified atom stereocenters. The lowest BCUT2D eigenvalue weighted by Gasteiger charge is -2.01. The minimum atomic E-state index is -0.455. The molecule has 0 saturated heterocycles. The summed E-state index contributed by atoms with van der Waals surface area (Å²) in [5.41, 5.74) is 2.91. The number of hydrogen-bond acceptors (Lipinski definition) is 1. The summed E-state index contributed by atoms with van der Waals surface area (Å²) in [5, 5.41) is 0. The molecule has 0 bridgehead atoms. The SMILES string of the molecule is Cc1c[c]cc(-c2ccnc(F)c2)c1. The molecule has 0 atom stereocenters. The lowest BCUT2D eigenvalue weighted by molar-refractivity contribution is 0.584. The number of benzene rings is 1. The molecule has 69 valence electrons. The van der Waals surface area contributed by atoms with Gasteiger partial charge in [-0.1, -0.05) is 12.1 Å². The Morgan fingerprint density at radius 2 is 2.07 bits per heavy atom. The van der Waals surface area contributed by atoms with Crippen LogP contribution in [0, 0.1) is 18.9 Å². The van der Waals surface area contributed by atoms with Gasteiger partial charge in [-0.15, -0.1) is 0 Å². The van der Waals surface area contributed by atoms with Gasteiger partial charge in [-0.3, -0.25) is 0 Å². The maximum absolute atomic E-state index is 12.8. The van der Waals surface area contributed by atoms with Crippen LogP contribution in [0.5, 0.6) is 0 Å². The van der Waals surface area contributed by atoms with E-state index in [1.54, 1.807) is 6.07 Å².